The number of hydrogen-bond acceptors (Lipinski definition) is 5. The standard InChI is InChI=1S/C29H27FN2O5/c1-5-36-28(35)32(24-9-7-6-8-23(24)30)26-18(2)37-31-25(26)21-12-10-19(11-13-21)20-14-16-22(17-15-20)29(3,4)27(33)34/h6-17H,5H2,1-4H3,(H,33,34). The number of ether oxygens (including phenoxy) is 1. The molecule has 3 aromatic carbocycles. The lowest BCUT2D eigenvalue weighted by Crippen LogP contribution is -2.28. The third-order valence-electron chi connectivity index (χ3n) is 6.23. The number of anilines is 2. The summed E-state index contributed by atoms with van der Waals surface area (Å²) in [6, 6.07) is 20.7. The van der Waals surface area contributed by atoms with Crippen LogP contribution in [0.5, 0.6) is 0 Å². The van der Waals surface area contributed by atoms with Gasteiger partial charge >= 0.3 is 12.1 Å². The molecule has 0 saturated carbocycles. The maximum atomic E-state index is 14.8. The molecule has 0 aliphatic carbocycles. The second-order valence-electron chi connectivity index (χ2n) is 9.01. The average molecular weight is 503 g/mol. The predicted molar refractivity (Wildman–Crippen MR) is 138 cm³/mol. The molecule has 0 bridgehead atoms. The summed E-state index contributed by atoms with van der Waals surface area (Å²) in [5.41, 5.74) is 2.85. The van der Waals surface area contributed by atoms with Gasteiger partial charge < -0.3 is 14.4 Å². The molecule has 0 aliphatic heterocycles. The van der Waals surface area contributed by atoms with Crippen molar-refractivity contribution in [3.8, 4) is 22.4 Å². The summed E-state index contributed by atoms with van der Waals surface area (Å²) in [4.78, 5) is 25.6. The van der Waals surface area contributed by atoms with Gasteiger partial charge in [-0.25, -0.2) is 14.1 Å². The molecule has 0 spiro atoms. The van der Waals surface area contributed by atoms with E-state index in [0.29, 0.717) is 22.6 Å². The maximum absolute atomic E-state index is 14.8. The Balaban J connectivity index is 1.71. The van der Waals surface area contributed by atoms with Crippen LogP contribution in [0.1, 0.15) is 32.1 Å². The third kappa shape index (κ3) is 4.95. The predicted octanol–water partition coefficient (Wildman–Crippen LogP) is 7.11. The monoisotopic (exact) mass is 502 g/mol. The van der Waals surface area contributed by atoms with Gasteiger partial charge in [-0.1, -0.05) is 65.8 Å². The van der Waals surface area contributed by atoms with Gasteiger partial charge in [0.1, 0.15) is 17.2 Å². The number of para-hydroxylation sites is 1. The van der Waals surface area contributed by atoms with E-state index in [1.54, 1.807) is 33.8 Å². The van der Waals surface area contributed by atoms with E-state index in [4.69, 9.17) is 9.26 Å². The first-order chi connectivity index (χ1) is 17.6. The molecule has 1 heterocycles. The zero-order valence-corrected chi connectivity index (χ0v) is 21.0. The fourth-order valence-corrected chi connectivity index (χ4v) is 3.97. The van der Waals surface area contributed by atoms with Crippen molar-refractivity contribution in [3.63, 3.8) is 0 Å². The van der Waals surface area contributed by atoms with E-state index in [1.165, 1.54) is 18.2 Å². The molecule has 0 saturated heterocycles. The van der Waals surface area contributed by atoms with Crippen LogP contribution >= 0.6 is 0 Å². The number of carboxylic acid groups (broad SMARTS) is 1. The van der Waals surface area contributed by atoms with Gasteiger partial charge in [0.25, 0.3) is 0 Å². The molecular formula is C29H27FN2O5. The van der Waals surface area contributed by atoms with Gasteiger partial charge in [-0.2, -0.15) is 0 Å². The number of rotatable bonds is 7. The number of nitrogens with zero attached hydrogens (tertiary/aromatic N) is 2. The minimum atomic E-state index is -0.993. The smallest absolute Gasteiger partial charge is 0.419 e. The van der Waals surface area contributed by atoms with E-state index in [2.05, 4.69) is 5.16 Å². The third-order valence-corrected chi connectivity index (χ3v) is 6.23. The summed E-state index contributed by atoms with van der Waals surface area (Å²) >= 11 is 0. The van der Waals surface area contributed by atoms with Crippen LogP contribution in [0.2, 0.25) is 0 Å². The van der Waals surface area contributed by atoms with Crippen molar-refractivity contribution in [2.24, 2.45) is 0 Å². The van der Waals surface area contributed by atoms with Crippen LogP contribution in [-0.4, -0.2) is 28.9 Å². The van der Waals surface area contributed by atoms with Crippen molar-refractivity contribution in [1.82, 2.24) is 5.16 Å². The number of aryl methyl sites for hydroxylation is 1. The number of hydrogen-bond donors (Lipinski definition) is 1. The molecule has 0 atom stereocenters. The van der Waals surface area contributed by atoms with Gasteiger partial charge in [-0.3, -0.25) is 4.79 Å². The Kier molecular flexibility index (Phi) is 7.11. The summed E-state index contributed by atoms with van der Waals surface area (Å²) < 4.78 is 25.4. The lowest BCUT2D eigenvalue weighted by molar-refractivity contribution is -0.142. The average Bonchev–Trinajstić information content (AvgIpc) is 3.26. The van der Waals surface area contributed by atoms with Crippen LogP contribution < -0.4 is 4.90 Å². The van der Waals surface area contributed by atoms with Gasteiger partial charge in [0, 0.05) is 5.56 Å². The Labute approximate surface area is 214 Å². The fraction of sp³-hybridized carbons (Fsp3) is 0.207. The normalized spacial score (nSPS) is 11.3. The van der Waals surface area contributed by atoms with Crippen LogP contribution in [0.3, 0.4) is 0 Å². The highest BCUT2D eigenvalue weighted by molar-refractivity contribution is 6.00. The van der Waals surface area contributed by atoms with Gasteiger partial charge in [0.2, 0.25) is 0 Å². The van der Waals surface area contributed by atoms with E-state index in [9.17, 15) is 19.1 Å². The minimum absolute atomic E-state index is 0.0227. The number of halogens is 1. The summed E-state index contributed by atoms with van der Waals surface area (Å²) in [6.07, 6.45) is -0.749. The summed E-state index contributed by atoms with van der Waals surface area (Å²) in [5.74, 6) is -1.16. The van der Waals surface area contributed by atoms with Crippen LogP contribution in [-0.2, 0) is 14.9 Å². The number of carboxylic acids is 1. The lowest BCUT2D eigenvalue weighted by atomic mass is 9.84. The van der Waals surface area contributed by atoms with E-state index in [1.807, 2.05) is 48.5 Å². The molecule has 7 nitrogen and oxygen atoms in total. The molecule has 4 rings (SSSR count). The van der Waals surface area contributed by atoms with E-state index < -0.39 is 23.3 Å². The Morgan fingerprint density at radius 1 is 0.973 bits per heavy atom. The lowest BCUT2D eigenvalue weighted by Gasteiger charge is -2.22. The van der Waals surface area contributed by atoms with Crippen molar-refractivity contribution in [3.05, 3.63) is 89.9 Å². The van der Waals surface area contributed by atoms with Crippen molar-refractivity contribution in [2.75, 3.05) is 11.5 Å². The van der Waals surface area contributed by atoms with Crippen LogP contribution in [0.15, 0.2) is 77.3 Å². The molecule has 0 unspecified atom stereocenters. The van der Waals surface area contributed by atoms with Gasteiger partial charge in [0.15, 0.2) is 5.76 Å². The quantitative estimate of drug-likeness (QED) is 0.289. The van der Waals surface area contributed by atoms with Gasteiger partial charge in [-0.15, -0.1) is 0 Å². The van der Waals surface area contributed by atoms with Crippen LogP contribution in [0.4, 0.5) is 20.6 Å². The highest BCUT2D eigenvalue weighted by Crippen LogP contribution is 2.39. The van der Waals surface area contributed by atoms with E-state index in [0.717, 1.165) is 16.0 Å². The molecule has 0 aliphatic rings. The molecule has 1 aromatic heterocycles. The molecule has 37 heavy (non-hydrogen) atoms. The first-order valence-corrected chi connectivity index (χ1v) is 11.8. The van der Waals surface area contributed by atoms with Crippen molar-refractivity contribution in [2.45, 2.75) is 33.1 Å². The van der Waals surface area contributed by atoms with Crippen LogP contribution in [0, 0.1) is 12.7 Å². The van der Waals surface area contributed by atoms with Gasteiger partial charge in [0.05, 0.1) is 17.7 Å². The molecule has 0 fully saturated rings. The Bertz CT molecular complexity index is 1430. The summed E-state index contributed by atoms with van der Waals surface area (Å²) in [7, 11) is 0. The van der Waals surface area contributed by atoms with Gasteiger partial charge in [-0.05, 0) is 56.5 Å². The number of carbonyl (C=O) groups excluding carboxylic acids is 1. The Morgan fingerprint density at radius 3 is 2.11 bits per heavy atom. The van der Waals surface area contributed by atoms with Crippen LogP contribution in [0.25, 0.3) is 22.4 Å². The Hall–Kier alpha value is -4.46. The van der Waals surface area contributed by atoms with Crippen molar-refractivity contribution in [1.29, 1.82) is 0 Å². The number of aliphatic carboxylic acids is 1. The first kappa shape index (κ1) is 25.6. The highest BCUT2D eigenvalue weighted by atomic mass is 19.1. The zero-order chi connectivity index (χ0) is 26.7. The second-order valence-corrected chi connectivity index (χ2v) is 9.01. The SMILES string of the molecule is CCOC(=O)N(c1ccccc1F)c1c(-c2ccc(-c3ccc(C(C)(C)C(=O)O)cc3)cc2)noc1C. The van der Waals surface area contributed by atoms with Crippen molar-refractivity contribution < 1.29 is 28.3 Å². The molecule has 190 valence electrons. The number of carbonyl (C=O) groups is 2. The number of benzene rings is 3. The molecule has 1 amide bonds. The fourth-order valence-electron chi connectivity index (χ4n) is 3.97. The minimum Gasteiger partial charge on any atom is -0.481 e. The second kappa shape index (κ2) is 10.3. The Morgan fingerprint density at radius 2 is 1.54 bits per heavy atom. The molecule has 8 heteroatoms. The molecule has 4 aromatic rings. The first-order valence-electron chi connectivity index (χ1n) is 11.8. The zero-order valence-electron chi connectivity index (χ0n) is 21.0. The molecule has 1 N–H and O–H groups in total. The van der Waals surface area contributed by atoms with Crippen molar-refractivity contribution >= 4 is 23.4 Å². The molecular weight excluding hydrogens is 475 g/mol. The van der Waals surface area contributed by atoms with E-state index in [-0.39, 0.29) is 18.0 Å². The number of amides is 1. The molecule has 0 radical (unpaired) electrons. The largest absolute Gasteiger partial charge is 0.481 e. The highest BCUT2D eigenvalue weighted by Gasteiger charge is 2.31. The summed E-state index contributed by atoms with van der Waals surface area (Å²) in [6.45, 7) is 6.76. The maximum Gasteiger partial charge on any atom is 0.419 e. The number of aromatic nitrogens is 1. The summed E-state index contributed by atoms with van der Waals surface area (Å²) in [5, 5.41) is 13.6. The van der Waals surface area contributed by atoms with E-state index >= 15 is 0 Å². The topological polar surface area (TPSA) is 92.9 Å².